The lowest BCUT2D eigenvalue weighted by atomic mass is 9.63. The Labute approximate surface area is 628 Å². The average Bonchev–Trinajstić information content (AvgIpc) is 1.36. The maximum atomic E-state index is 14.0. The van der Waals surface area contributed by atoms with Crippen LogP contribution in [0, 0.1) is 41.4 Å². The highest BCUT2D eigenvalue weighted by Gasteiger charge is 2.54. The third-order valence-electron chi connectivity index (χ3n) is 26.3. The number of nitrogens with one attached hydrogen (secondary N) is 2. The molecule has 558 valence electrons. The fourth-order valence-electron chi connectivity index (χ4n) is 19.6. The van der Waals surface area contributed by atoms with Crippen molar-refractivity contribution in [2.75, 3.05) is 108 Å². The van der Waals surface area contributed by atoms with Crippen molar-refractivity contribution in [2.45, 2.75) is 157 Å². The third kappa shape index (κ3) is 15.1. The zero-order valence-corrected chi connectivity index (χ0v) is 64.5. The number of pyridine rings is 1. The van der Waals surface area contributed by atoms with Crippen molar-refractivity contribution < 1.29 is 41.7 Å². The van der Waals surface area contributed by atoms with Crippen LogP contribution in [0.25, 0.3) is 0 Å². The minimum Gasteiger partial charge on any atom is -0.490 e. The van der Waals surface area contributed by atoms with Crippen LogP contribution in [-0.2, 0) is 63.8 Å². The topological polar surface area (TPSA) is 164 Å². The number of hydrogen-bond acceptors (Lipinski definition) is 14. The number of rotatable bonds is 4. The summed E-state index contributed by atoms with van der Waals surface area (Å²) in [4.78, 5) is 42.0. The zero-order valence-electron chi connectivity index (χ0n) is 61.4. The molecule has 5 fully saturated rings. The second kappa shape index (κ2) is 30.3. The van der Waals surface area contributed by atoms with Gasteiger partial charge in [-0.05, 0) is 258 Å². The number of anilines is 2. The number of benzene rings is 4. The summed E-state index contributed by atoms with van der Waals surface area (Å²) in [5.74, 6) is 11.2. The molecule has 7 aliphatic heterocycles. The van der Waals surface area contributed by atoms with Crippen molar-refractivity contribution in [3.63, 3.8) is 0 Å². The van der Waals surface area contributed by atoms with E-state index in [1.54, 1.807) is 12.1 Å². The van der Waals surface area contributed by atoms with Crippen LogP contribution < -0.4 is 28.7 Å². The highest BCUT2D eigenvalue weighted by atomic mass is 35.5. The number of hydrogen-bond donors (Lipinski definition) is 2. The van der Waals surface area contributed by atoms with E-state index in [0.29, 0.717) is 73.6 Å². The number of aromatic nitrogens is 1. The van der Waals surface area contributed by atoms with E-state index in [4.69, 9.17) is 46.9 Å². The normalized spacial score (nSPS) is 35.4. The first kappa shape index (κ1) is 73.6. The molecule has 5 aromatic rings. The van der Waals surface area contributed by atoms with Gasteiger partial charge < -0.3 is 33.5 Å². The Bertz CT molecular complexity index is 4290. The standard InChI is InChI=1S/C42H51ClN4O4S.C42H56ClN3O5S/c1-29-6-4-17-42(27-46(20-21-51-42)24-31-14-18-44-19-15-31)37-11-8-34(37)25-47-26-41(16-5-7-32-22-35(43)10-12-36(32)41)28-50-39-13-9-33(23-38(39)47)40(48)45-52(3,49)30(29)2;1-29-6-4-17-42(27-45(18-21-51-42)24-31-14-19-49-20-15-31)37-11-8-34(37)25-46-26-41(16-5-7-32-22-35(43)10-12-36(32)41)28-50-39-13-9-33(23-38(39)46)40(47)44-52(3,48)30(29)2/h4,9-10,12-15,17-19,22-23,29-30,34,37H,3,5-8,11,16,20-21,24-28H2,1-2H3,(H,45,48,49);4,9-10,12-13,17,22-23,29-31,34,37H,3,5-8,11,14-16,18-21,24-28H2,1-2H3,(H,44,47,48)/b2*17-4+/t2*29-,30+,34-,37+,41-,42-,52?/m00/s1. The number of carbonyl (C=O) groups is 2. The second-order valence-electron chi connectivity index (χ2n) is 32.9. The van der Waals surface area contributed by atoms with Crippen LogP contribution >= 0.6 is 23.2 Å². The Balaban J connectivity index is 0.000000167. The molecular weight excluding hydrogens is 1390 g/mol. The Morgan fingerprint density at radius 2 is 1.06 bits per heavy atom. The number of halogens is 2. The number of carbonyl (C=O) groups excluding carboxylic acids is 2. The first-order chi connectivity index (χ1) is 50.1. The van der Waals surface area contributed by atoms with Crippen molar-refractivity contribution in [3.05, 3.63) is 171 Å². The Morgan fingerprint density at radius 1 is 0.577 bits per heavy atom. The first-order valence-electron chi connectivity index (χ1n) is 38.6. The van der Waals surface area contributed by atoms with E-state index in [2.05, 4.69) is 120 Å². The van der Waals surface area contributed by atoms with Gasteiger partial charge in [-0.25, -0.2) is 8.42 Å². The molecule has 4 spiro atoms. The van der Waals surface area contributed by atoms with Crippen LogP contribution in [-0.4, -0.2) is 167 Å². The summed E-state index contributed by atoms with van der Waals surface area (Å²) >= 11 is 13.0. The predicted molar refractivity (Wildman–Crippen MR) is 420 cm³/mol. The first-order valence-corrected chi connectivity index (χ1v) is 42.9. The molecule has 3 saturated heterocycles. The molecule has 0 radical (unpaired) electrons. The molecule has 20 heteroatoms. The van der Waals surface area contributed by atoms with Crippen molar-refractivity contribution in [1.82, 2.24) is 24.2 Å². The SMILES string of the molecule is C=S1(=O)NC(=O)c2ccc3c(c2)N(C[C@@H]2CC[C@H]2[C@]2(/C=C/C[C@H](C)[C@H]1C)CN(CC1CCOCC1)CCO2)C[C@@]1(CCCc2cc(Cl)ccc21)CO3.C=S1(=O)NC(=O)c2ccc3c(c2)N(C[C@@H]2CC[C@H]2[C@]2(/C=C/C[C@H](C)[C@H]1C)CN(Cc1ccncc1)CCO2)C[C@@]1(CCCc2cc(Cl)ccc21)CO3. The molecule has 11 aliphatic rings. The third-order valence-corrected chi connectivity index (χ3v) is 31.1. The van der Waals surface area contributed by atoms with E-state index in [1.807, 2.05) is 62.6 Å². The van der Waals surface area contributed by atoms with Crippen molar-refractivity contribution >= 4 is 77.5 Å². The van der Waals surface area contributed by atoms with Crippen molar-refractivity contribution in [3.8, 4) is 11.5 Å². The summed E-state index contributed by atoms with van der Waals surface area (Å²) in [5.41, 5.74) is 7.98. The average molecular weight is 1490 g/mol. The van der Waals surface area contributed by atoms with Gasteiger partial charge in [-0.15, -0.1) is 0 Å². The highest BCUT2D eigenvalue weighted by Crippen LogP contribution is 2.53. The molecule has 1 aromatic heterocycles. The van der Waals surface area contributed by atoms with Gasteiger partial charge in [0, 0.05) is 134 Å². The fourth-order valence-corrected chi connectivity index (χ4v) is 22.9. The summed E-state index contributed by atoms with van der Waals surface area (Å²) in [5, 5.41) is 0.881. The van der Waals surface area contributed by atoms with E-state index in [1.165, 1.54) is 27.8 Å². The smallest absolute Gasteiger partial charge is 0.262 e. The summed E-state index contributed by atoms with van der Waals surface area (Å²) in [6.07, 6.45) is 27.3. The van der Waals surface area contributed by atoms with Gasteiger partial charge in [0.15, 0.2) is 0 Å². The number of aryl methyl sites for hydroxylation is 2. The number of morpholine rings is 2. The van der Waals surface area contributed by atoms with Crippen LogP contribution in [0.5, 0.6) is 11.5 Å². The minimum absolute atomic E-state index is 0.0283. The van der Waals surface area contributed by atoms with Gasteiger partial charge in [0.2, 0.25) is 0 Å². The van der Waals surface area contributed by atoms with Crippen LogP contribution in [0.15, 0.2) is 122 Å². The molecule has 16 rings (SSSR count). The molecule has 4 bridgehead atoms. The number of fused-ring (bicyclic) bond motifs is 10. The number of amides is 2. The monoisotopic (exact) mass is 1490 g/mol. The maximum absolute atomic E-state index is 14.0. The van der Waals surface area contributed by atoms with Crippen molar-refractivity contribution in [1.29, 1.82) is 0 Å². The summed E-state index contributed by atoms with van der Waals surface area (Å²) in [6, 6.07) is 28.3. The fraction of sp³-hybridized carbons (Fsp3) is 0.560. The Kier molecular flexibility index (Phi) is 21.4. The molecule has 2 N–H and O–H groups in total. The lowest BCUT2D eigenvalue weighted by Gasteiger charge is -2.54. The van der Waals surface area contributed by atoms with Crippen LogP contribution in [0.2, 0.25) is 10.0 Å². The molecule has 2 saturated carbocycles. The summed E-state index contributed by atoms with van der Waals surface area (Å²) < 4.78 is 66.9. The highest BCUT2D eigenvalue weighted by molar-refractivity contribution is 7.99. The van der Waals surface area contributed by atoms with Gasteiger partial charge in [0.05, 0.1) is 57.2 Å². The van der Waals surface area contributed by atoms with Crippen LogP contribution in [0.3, 0.4) is 0 Å². The number of nitrogens with zero attached hydrogens (tertiary/aromatic N) is 5. The van der Waals surface area contributed by atoms with E-state index in [-0.39, 0.29) is 45.0 Å². The van der Waals surface area contributed by atoms with Gasteiger partial charge >= 0.3 is 0 Å². The van der Waals surface area contributed by atoms with Gasteiger partial charge in [0.1, 0.15) is 22.7 Å². The molecular formula is C84H107Cl2N7O9S2. The van der Waals surface area contributed by atoms with E-state index >= 15 is 0 Å². The van der Waals surface area contributed by atoms with Gasteiger partial charge in [-0.1, -0.05) is 73.5 Å². The number of allylic oxidation sites excluding steroid dienone is 2. The molecule has 104 heavy (non-hydrogen) atoms. The molecule has 16 nitrogen and oxygen atoms in total. The van der Waals surface area contributed by atoms with E-state index < -0.39 is 30.6 Å². The van der Waals surface area contributed by atoms with Crippen molar-refractivity contribution in [2.24, 2.45) is 41.4 Å². The molecule has 8 heterocycles. The van der Waals surface area contributed by atoms with E-state index in [0.717, 1.165) is 195 Å². The van der Waals surface area contributed by atoms with Crippen LogP contribution in [0.1, 0.15) is 153 Å². The van der Waals surface area contributed by atoms with Gasteiger partial charge in [-0.3, -0.25) is 33.8 Å². The minimum atomic E-state index is -2.96. The lowest BCUT2D eigenvalue weighted by Crippen LogP contribution is -2.61. The summed E-state index contributed by atoms with van der Waals surface area (Å²) in [7, 11) is -5.90. The predicted octanol–water partition coefficient (Wildman–Crippen LogP) is 13.5. The Morgan fingerprint density at radius 3 is 1.54 bits per heavy atom. The molecule has 4 aliphatic carbocycles. The number of ether oxygens (including phenoxy) is 5. The molecule has 2 amide bonds. The van der Waals surface area contributed by atoms with Crippen LogP contribution in [0.4, 0.5) is 11.4 Å². The summed E-state index contributed by atoms with van der Waals surface area (Å²) in [6.45, 7) is 20.9. The molecule has 2 unspecified atom stereocenters. The lowest BCUT2D eigenvalue weighted by molar-refractivity contribution is -0.147. The van der Waals surface area contributed by atoms with Gasteiger partial charge in [-0.2, -0.15) is 0 Å². The van der Waals surface area contributed by atoms with Gasteiger partial charge in [0.25, 0.3) is 11.8 Å². The zero-order chi connectivity index (χ0) is 72.2. The molecule has 14 atom stereocenters. The Hall–Kier alpha value is -5.93. The molecule has 4 aromatic carbocycles. The largest absolute Gasteiger partial charge is 0.490 e. The quantitative estimate of drug-likeness (QED) is 0.129. The van der Waals surface area contributed by atoms with E-state index in [9.17, 15) is 18.0 Å². The second-order valence-corrected chi connectivity index (χ2v) is 38.6. The maximum Gasteiger partial charge on any atom is 0.262 e.